The minimum absolute atomic E-state index is 0.0451. The number of nitrogens with zero attached hydrogens (tertiary/aromatic N) is 2. The molecule has 5 nitrogen and oxygen atoms in total. The van der Waals surface area contributed by atoms with Crippen LogP contribution < -0.4 is 5.32 Å². The van der Waals surface area contributed by atoms with Crippen molar-refractivity contribution in [2.24, 2.45) is 5.41 Å². The van der Waals surface area contributed by atoms with E-state index in [2.05, 4.69) is 24.3 Å². The van der Waals surface area contributed by atoms with E-state index in [0.29, 0.717) is 6.42 Å². The van der Waals surface area contributed by atoms with Gasteiger partial charge in [-0.1, -0.05) is 33.1 Å². The van der Waals surface area contributed by atoms with Crippen molar-refractivity contribution in [2.75, 3.05) is 6.26 Å². The molecule has 0 saturated heterocycles. The average Bonchev–Trinajstić information content (AvgIpc) is 3.26. The maximum atomic E-state index is 12.8. The second kappa shape index (κ2) is 7.67. The number of nitrogens with one attached hydrogen (secondary N) is 1. The Bertz CT molecular complexity index is 907. The van der Waals surface area contributed by atoms with E-state index in [9.17, 15) is 9.59 Å². The minimum Gasteiger partial charge on any atom is -0.333 e. The number of carbonyl (C=O) groups excluding carboxylic acids is 2. The smallest absolute Gasteiger partial charge is 0.333 e. The van der Waals surface area contributed by atoms with Gasteiger partial charge < -0.3 is 5.32 Å². The van der Waals surface area contributed by atoms with Crippen LogP contribution in [0.25, 0.3) is 10.6 Å². The normalized spacial score (nSPS) is 19.5. The zero-order valence-corrected chi connectivity index (χ0v) is 18.3. The van der Waals surface area contributed by atoms with Crippen molar-refractivity contribution < 1.29 is 9.59 Å². The van der Waals surface area contributed by atoms with Crippen molar-refractivity contribution in [2.45, 2.75) is 69.0 Å². The lowest BCUT2D eigenvalue weighted by molar-refractivity contribution is 0.0910. The molecule has 2 heterocycles. The Labute approximate surface area is 174 Å². The number of carbonyl (C=O) groups is 2. The van der Waals surface area contributed by atoms with Crippen LogP contribution in [-0.2, 0) is 6.42 Å². The standard InChI is InChI=1S/C21H27N3O2S2/c1-21(2)11-14-17(16(25)12-21)19(27-3)28-18(14)15-9-10-24(23-15)20(26)22-13-7-5-4-6-8-13/h9-10,13H,4-8,11-12H2,1-3H3,(H,22,26). The first-order valence-electron chi connectivity index (χ1n) is 9.98. The monoisotopic (exact) mass is 417 g/mol. The molecule has 1 amide bonds. The molecule has 0 radical (unpaired) electrons. The first-order valence-corrected chi connectivity index (χ1v) is 12.0. The van der Waals surface area contributed by atoms with Gasteiger partial charge in [-0.3, -0.25) is 4.79 Å². The Kier molecular flexibility index (Phi) is 5.40. The maximum Gasteiger partial charge on any atom is 0.342 e. The van der Waals surface area contributed by atoms with Gasteiger partial charge in [-0.25, -0.2) is 4.79 Å². The van der Waals surface area contributed by atoms with Crippen LogP contribution in [0.4, 0.5) is 4.79 Å². The lowest BCUT2D eigenvalue weighted by atomic mass is 9.74. The van der Waals surface area contributed by atoms with Crippen LogP contribution in [0.5, 0.6) is 0 Å². The van der Waals surface area contributed by atoms with Crippen molar-refractivity contribution in [1.29, 1.82) is 0 Å². The second-order valence-electron chi connectivity index (χ2n) is 8.65. The fraction of sp³-hybridized carbons (Fsp3) is 0.571. The van der Waals surface area contributed by atoms with Crippen molar-refractivity contribution in [3.05, 3.63) is 23.4 Å². The molecule has 1 saturated carbocycles. The topological polar surface area (TPSA) is 64.0 Å². The third-order valence-corrected chi connectivity index (χ3v) is 8.07. The van der Waals surface area contributed by atoms with E-state index < -0.39 is 0 Å². The van der Waals surface area contributed by atoms with Crippen LogP contribution in [0.3, 0.4) is 0 Å². The molecule has 1 fully saturated rings. The molecule has 2 aliphatic rings. The number of hydrogen-bond acceptors (Lipinski definition) is 5. The summed E-state index contributed by atoms with van der Waals surface area (Å²) in [5, 5.41) is 7.67. The molecule has 1 N–H and O–H groups in total. The Morgan fingerprint density at radius 2 is 2.04 bits per heavy atom. The van der Waals surface area contributed by atoms with Gasteiger partial charge in [0.25, 0.3) is 0 Å². The van der Waals surface area contributed by atoms with Crippen molar-refractivity contribution in [1.82, 2.24) is 15.1 Å². The number of thiophene rings is 1. The number of fused-ring (bicyclic) bond motifs is 1. The van der Waals surface area contributed by atoms with Crippen LogP contribution in [-0.4, -0.2) is 33.9 Å². The summed E-state index contributed by atoms with van der Waals surface area (Å²) in [5.41, 5.74) is 2.73. The van der Waals surface area contributed by atoms with Crippen molar-refractivity contribution >= 4 is 34.9 Å². The molecule has 0 aliphatic heterocycles. The van der Waals surface area contributed by atoms with E-state index in [1.54, 1.807) is 29.3 Å². The summed E-state index contributed by atoms with van der Waals surface area (Å²) in [6, 6.07) is 1.98. The summed E-state index contributed by atoms with van der Waals surface area (Å²) in [4.78, 5) is 26.4. The number of aromatic nitrogens is 2. The molecule has 150 valence electrons. The molecule has 0 bridgehead atoms. The van der Waals surface area contributed by atoms with Gasteiger partial charge in [0.15, 0.2) is 5.78 Å². The van der Waals surface area contributed by atoms with Crippen LogP contribution in [0.1, 0.15) is 68.3 Å². The maximum absolute atomic E-state index is 12.8. The van der Waals surface area contributed by atoms with Gasteiger partial charge in [0.1, 0.15) is 5.69 Å². The largest absolute Gasteiger partial charge is 0.342 e. The van der Waals surface area contributed by atoms with Gasteiger partial charge in [-0.15, -0.1) is 23.1 Å². The first kappa shape index (κ1) is 19.7. The van der Waals surface area contributed by atoms with Gasteiger partial charge >= 0.3 is 6.03 Å². The summed E-state index contributed by atoms with van der Waals surface area (Å²) in [6.45, 7) is 4.29. The zero-order valence-electron chi connectivity index (χ0n) is 16.7. The van der Waals surface area contributed by atoms with Gasteiger partial charge in [0.2, 0.25) is 0 Å². The summed E-state index contributed by atoms with van der Waals surface area (Å²) in [5.74, 6) is 0.229. The van der Waals surface area contributed by atoms with Crippen LogP contribution in [0.2, 0.25) is 0 Å². The van der Waals surface area contributed by atoms with Gasteiger partial charge in [0, 0.05) is 24.2 Å². The number of Topliss-reactive ketones (excluding diaryl/α,β-unsaturated/α-hetero) is 1. The van der Waals surface area contributed by atoms with Crippen molar-refractivity contribution in [3.63, 3.8) is 0 Å². The third kappa shape index (κ3) is 3.79. The first-order chi connectivity index (χ1) is 13.4. The second-order valence-corrected chi connectivity index (χ2v) is 10.7. The molecule has 0 spiro atoms. The molecule has 2 aliphatic carbocycles. The van der Waals surface area contributed by atoms with Gasteiger partial charge in [-0.2, -0.15) is 9.78 Å². The highest BCUT2D eigenvalue weighted by Crippen LogP contribution is 2.47. The van der Waals surface area contributed by atoms with Crippen LogP contribution in [0, 0.1) is 5.41 Å². The quantitative estimate of drug-likeness (QED) is 0.681. The summed E-state index contributed by atoms with van der Waals surface area (Å²) >= 11 is 3.25. The van der Waals surface area contributed by atoms with E-state index >= 15 is 0 Å². The zero-order chi connectivity index (χ0) is 19.9. The number of amides is 1. The highest BCUT2D eigenvalue weighted by atomic mass is 32.2. The lowest BCUT2D eigenvalue weighted by Crippen LogP contribution is -2.39. The van der Waals surface area contributed by atoms with Gasteiger partial charge in [0.05, 0.1) is 9.09 Å². The lowest BCUT2D eigenvalue weighted by Gasteiger charge is -2.29. The Morgan fingerprint density at radius 3 is 2.75 bits per heavy atom. The molecule has 2 aromatic rings. The molecule has 7 heteroatoms. The molecular formula is C21H27N3O2S2. The molecule has 4 rings (SSSR count). The Hall–Kier alpha value is -1.60. The number of hydrogen-bond donors (Lipinski definition) is 1. The molecule has 0 aromatic carbocycles. The summed E-state index contributed by atoms with van der Waals surface area (Å²) in [7, 11) is 0. The summed E-state index contributed by atoms with van der Waals surface area (Å²) < 4.78 is 2.47. The Balaban J connectivity index is 1.62. The predicted octanol–water partition coefficient (Wildman–Crippen LogP) is 5.38. The molecule has 28 heavy (non-hydrogen) atoms. The highest BCUT2D eigenvalue weighted by molar-refractivity contribution is 8.00. The van der Waals surface area contributed by atoms with Gasteiger partial charge in [-0.05, 0) is 42.6 Å². The van der Waals surface area contributed by atoms with Crippen molar-refractivity contribution in [3.8, 4) is 10.6 Å². The van der Waals surface area contributed by atoms with E-state index in [0.717, 1.165) is 45.2 Å². The number of thioether (sulfide) groups is 1. The molecular weight excluding hydrogens is 390 g/mol. The average molecular weight is 418 g/mol. The van der Waals surface area contributed by atoms with E-state index in [4.69, 9.17) is 0 Å². The SMILES string of the molecule is CSc1sc(-c2ccn(C(=O)NC3CCCCC3)n2)c2c1C(=O)CC(C)(C)C2. The fourth-order valence-corrected chi connectivity index (χ4v) is 6.41. The summed E-state index contributed by atoms with van der Waals surface area (Å²) in [6.07, 6.45) is 10.9. The third-order valence-electron chi connectivity index (χ3n) is 5.70. The van der Waals surface area contributed by atoms with Crippen LogP contribution >= 0.6 is 23.1 Å². The molecule has 2 aromatic heterocycles. The predicted molar refractivity (Wildman–Crippen MR) is 115 cm³/mol. The minimum atomic E-state index is -0.162. The Morgan fingerprint density at radius 1 is 1.29 bits per heavy atom. The van der Waals surface area contributed by atoms with E-state index in [1.165, 1.54) is 23.9 Å². The van der Waals surface area contributed by atoms with Crippen LogP contribution in [0.15, 0.2) is 16.5 Å². The highest BCUT2D eigenvalue weighted by Gasteiger charge is 2.36. The fourth-order valence-electron chi connectivity index (χ4n) is 4.35. The number of rotatable bonds is 3. The molecule has 0 unspecified atom stereocenters. The van der Waals surface area contributed by atoms with E-state index in [1.807, 2.05) is 12.3 Å². The number of ketones is 1. The molecule has 0 atom stereocenters. The van der Waals surface area contributed by atoms with E-state index in [-0.39, 0.29) is 23.3 Å².